The average Bonchev–Trinajstić information content (AvgIpc) is 2.17. The summed E-state index contributed by atoms with van der Waals surface area (Å²) in [6, 6.07) is 2.88. The van der Waals surface area contributed by atoms with Crippen LogP contribution >= 0.6 is 0 Å². The second-order valence-corrected chi connectivity index (χ2v) is 3.93. The molecule has 1 aromatic heterocycles. The van der Waals surface area contributed by atoms with Crippen LogP contribution in [0.25, 0.3) is 0 Å². The Hall–Kier alpha value is -1.03. The normalized spacial score (nSPS) is 14.3. The molecule has 84 valence electrons. The van der Waals surface area contributed by atoms with Crippen LogP contribution in [0, 0.1) is 0 Å². The first kappa shape index (κ1) is 12.0. The van der Waals surface area contributed by atoms with Crippen molar-refractivity contribution in [2.75, 3.05) is 0 Å². The van der Waals surface area contributed by atoms with Crippen molar-refractivity contribution < 1.29 is 13.9 Å². The zero-order valence-corrected chi connectivity index (χ0v) is 9.04. The van der Waals surface area contributed by atoms with E-state index in [9.17, 15) is 8.78 Å². The van der Waals surface area contributed by atoms with Gasteiger partial charge in [-0.3, -0.25) is 4.98 Å². The molecule has 1 heterocycles. The van der Waals surface area contributed by atoms with Crippen molar-refractivity contribution in [3.63, 3.8) is 0 Å². The van der Waals surface area contributed by atoms with Crippen molar-refractivity contribution in [2.24, 2.45) is 0 Å². The fourth-order valence-electron chi connectivity index (χ4n) is 1.16. The van der Waals surface area contributed by atoms with Crippen LogP contribution in [-0.4, -0.2) is 16.2 Å². The predicted molar refractivity (Wildman–Crippen MR) is 53.9 cm³/mol. The Morgan fingerprint density at radius 3 is 2.20 bits per heavy atom. The number of alkyl halides is 2. The van der Waals surface area contributed by atoms with E-state index in [1.807, 2.05) is 13.8 Å². The summed E-state index contributed by atoms with van der Waals surface area (Å²) in [5.41, 5.74) is 0.516. The molecule has 0 aliphatic heterocycles. The van der Waals surface area contributed by atoms with Crippen LogP contribution in [0.5, 0.6) is 0 Å². The molecule has 1 N–H and O–H groups in total. The summed E-state index contributed by atoms with van der Waals surface area (Å²) >= 11 is 0. The highest BCUT2D eigenvalue weighted by Crippen LogP contribution is 2.30. The lowest BCUT2D eigenvalue weighted by Crippen LogP contribution is -2.29. The summed E-state index contributed by atoms with van der Waals surface area (Å²) in [5, 5.41) is 8.92. The number of aliphatic hydroxyl groups is 1. The van der Waals surface area contributed by atoms with Gasteiger partial charge in [-0.2, -0.15) is 8.78 Å². The number of rotatable bonds is 3. The fraction of sp³-hybridized carbons (Fsp3) is 0.545. The third-order valence-electron chi connectivity index (χ3n) is 2.32. The Balaban J connectivity index is 2.98. The molecule has 0 amide bonds. The van der Waals surface area contributed by atoms with Gasteiger partial charge in [-0.25, -0.2) is 0 Å². The van der Waals surface area contributed by atoms with Gasteiger partial charge in [0.15, 0.2) is 0 Å². The second kappa shape index (κ2) is 4.23. The van der Waals surface area contributed by atoms with Crippen LogP contribution in [0.2, 0.25) is 0 Å². The van der Waals surface area contributed by atoms with Crippen LogP contribution in [-0.2, 0) is 5.92 Å². The Kier molecular flexibility index (Phi) is 3.39. The molecule has 1 rings (SSSR count). The molecule has 0 aliphatic carbocycles. The molecular weight excluding hydrogens is 200 g/mol. The number of hydrogen-bond donors (Lipinski definition) is 1. The van der Waals surface area contributed by atoms with Gasteiger partial charge in [0.25, 0.3) is 0 Å². The molecule has 1 atom stereocenters. The van der Waals surface area contributed by atoms with Crippen LogP contribution < -0.4 is 0 Å². The minimum Gasteiger partial charge on any atom is -0.387 e. The van der Waals surface area contributed by atoms with Gasteiger partial charge in [-0.1, -0.05) is 19.9 Å². The van der Waals surface area contributed by atoms with E-state index in [0.717, 1.165) is 12.5 Å². The highest BCUT2D eigenvalue weighted by molar-refractivity contribution is 5.20. The van der Waals surface area contributed by atoms with E-state index >= 15 is 0 Å². The lowest BCUT2D eigenvalue weighted by molar-refractivity contribution is -0.109. The molecule has 2 nitrogen and oxygen atoms in total. The molecule has 0 aromatic carbocycles. The smallest absolute Gasteiger partial charge is 0.314 e. The molecular formula is C11H15F2NO. The van der Waals surface area contributed by atoms with Gasteiger partial charge < -0.3 is 5.11 Å². The van der Waals surface area contributed by atoms with Gasteiger partial charge in [-0.15, -0.1) is 0 Å². The summed E-state index contributed by atoms with van der Waals surface area (Å²) in [4.78, 5) is 3.68. The Morgan fingerprint density at radius 1 is 1.27 bits per heavy atom. The van der Waals surface area contributed by atoms with Crippen molar-refractivity contribution in [1.82, 2.24) is 4.98 Å². The second-order valence-electron chi connectivity index (χ2n) is 3.93. The average molecular weight is 215 g/mol. The maximum atomic E-state index is 13.3. The number of pyridine rings is 1. The van der Waals surface area contributed by atoms with Crippen molar-refractivity contribution in [1.29, 1.82) is 0 Å². The first-order valence-corrected chi connectivity index (χ1v) is 4.88. The molecule has 1 aromatic rings. The zero-order valence-electron chi connectivity index (χ0n) is 9.04. The van der Waals surface area contributed by atoms with E-state index in [0.29, 0.717) is 0 Å². The van der Waals surface area contributed by atoms with Crippen molar-refractivity contribution >= 4 is 0 Å². The number of aromatic nitrogens is 1. The van der Waals surface area contributed by atoms with E-state index in [1.165, 1.54) is 12.3 Å². The topological polar surface area (TPSA) is 33.1 Å². The molecule has 0 saturated carbocycles. The lowest BCUT2D eigenvalue weighted by atomic mass is 10.0. The number of aliphatic hydroxyl groups excluding tert-OH is 1. The highest BCUT2D eigenvalue weighted by Gasteiger charge is 2.38. The number of hydrogen-bond acceptors (Lipinski definition) is 2. The van der Waals surface area contributed by atoms with Gasteiger partial charge in [0, 0.05) is 6.20 Å². The molecule has 4 heteroatoms. The largest absolute Gasteiger partial charge is 0.387 e. The quantitative estimate of drug-likeness (QED) is 0.840. The first-order chi connectivity index (χ1) is 6.85. The van der Waals surface area contributed by atoms with Gasteiger partial charge in [-0.05, 0) is 24.5 Å². The minimum atomic E-state index is -3.28. The van der Waals surface area contributed by atoms with E-state index in [1.54, 1.807) is 6.07 Å². The first-order valence-electron chi connectivity index (χ1n) is 4.88. The fourth-order valence-corrected chi connectivity index (χ4v) is 1.16. The molecule has 0 fully saturated rings. The van der Waals surface area contributed by atoms with E-state index < -0.39 is 12.0 Å². The summed E-state index contributed by atoms with van der Waals surface area (Å²) in [6.45, 7) is 4.98. The Labute approximate surface area is 88.0 Å². The van der Waals surface area contributed by atoms with Crippen LogP contribution in [0.4, 0.5) is 8.78 Å². The van der Waals surface area contributed by atoms with E-state index in [4.69, 9.17) is 5.11 Å². The Morgan fingerprint density at radius 2 is 1.87 bits per heavy atom. The summed E-state index contributed by atoms with van der Waals surface area (Å²) in [7, 11) is 0. The molecule has 0 bridgehead atoms. The van der Waals surface area contributed by atoms with Crippen molar-refractivity contribution in [2.45, 2.75) is 38.7 Å². The van der Waals surface area contributed by atoms with Gasteiger partial charge in [0.2, 0.25) is 0 Å². The SMILES string of the molecule is CC(C)c1ccc(C(F)(F)C(C)O)nc1. The van der Waals surface area contributed by atoms with Crippen molar-refractivity contribution in [3.8, 4) is 0 Å². The lowest BCUT2D eigenvalue weighted by Gasteiger charge is -2.18. The summed E-state index contributed by atoms with van der Waals surface area (Å²) < 4.78 is 26.6. The van der Waals surface area contributed by atoms with Crippen molar-refractivity contribution in [3.05, 3.63) is 29.6 Å². The molecule has 0 aliphatic rings. The standard InChI is InChI=1S/C11H15F2NO/c1-7(2)9-4-5-10(14-6-9)11(12,13)8(3)15/h4-8,15H,1-3H3. The van der Waals surface area contributed by atoms with Gasteiger partial charge in [0.05, 0.1) is 0 Å². The van der Waals surface area contributed by atoms with Gasteiger partial charge in [0.1, 0.15) is 11.8 Å². The Bertz CT molecular complexity index is 320. The molecule has 0 spiro atoms. The van der Waals surface area contributed by atoms with Crippen LogP contribution in [0.1, 0.15) is 37.9 Å². The maximum absolute atomic E-state index is 13.3. The van der Waals surface area contributed by atoms with E-state index in [-0.39, 0.29) is 11.6 Å². The molecule has 1 unspecified atom stereocenters. The minimum absolute atomic E-state index is 0.256. The highest BCUT2D eigenvalue weighted by atomic mass is 19.3. The zero-order chi connectivity index (χ0) is 11.6. The monoisotopic (exact) mass is 215 g/mol. The maximum Gasteiger partial charge on any atom is 0.314 e. The van der Waals surface area contributed by atoms with Crippen LogP contribution in [0.3, 0.4) is 0 Å². The van der Waals surface area contributed by atoms with Gasteiger partial charge >= 0.3 is 5.92 Å². The van der Waals surface area contributed by atoms with Crippen LogP contribution in [0.15, 0.2) is 18.3 Å². The summed E-state index contributed by atoms with van der Waals surface area (Å²) in [5.74, 6) is -3.03. The predicted octanol–water partition coefficient (Wildman–Crippen LogP) is 2.68. The van der Waals surface area contributed by atoms with E-state index in [2.05, 4.69) is 4.98 Å². The third-order valence-corrected chi connectivity index (χ3v) is 2.32. The number of halogens is 2. The molecule has 15 heavy (non-hydrogen) atoms. The third kappa shape index (κ3) is 2.50. The molecule has 0 saturated heterocycles. The number of nitrogens with zero attached hydrogens (tertiary/aromatic N) is 1. The summed E-state index contributed by atoms with van der Waals surface area (Å²) in [6.07, 6.45) is -0.300. The molecule has 0 radical (unpaired) electrons.